The number of hydrogen-bond acceptors (Lipinski definition) is 5. The second-order valence-electron chi connectivity index (χ2n) is 6.79. The van der Waals surface area contributed by atoms with E-state index in [-0.39, 0.29) is 17.8 Å². The second kappa shape index (κ2) is 8.23. The summed E-state index contributed by atoms with van der Waals surface area (Å²) in [5.74, 6) is 0.610. The molecule has 138 valence electrons. The van der Waals surface area contributed by atoms with Crippen LogP contribution in [0.4, 0.5) is 10.2 Å². The van der Waals surface area contributed by atoms with E-state index in [0.29, 0.717) is 6.54 Å². The van der Waals surface area contributed by atoms with Crippen molar-refractivity contribution >= 4 is 11.7 Å². The van der Waals surface area contributed by atoms with Crippen LogP contribution in [0.5, 0.6) is 0 Å². The molecule has 1 fully saturated rings. The zero-order chi connectivity index (χ0) is 18.5. The Bertz CT molecular complexity index is 742. The molecule has 0 radical (unpaired) electrons. The minimum atomic E-state index is -0.256. The number of carbonyl (C=O) groups is 1. The highest BCUT2D eigenvalue weighted by molar-refractivity contribution is 5.78. The fraction of sp³-hybridized carbons (Fsp3) is 0.421. The van der Waals surface area contributed by atoms with Gasteiger partial charge in [-0.2, -0.15) is 5.10 Å². The number of hydrogen-bond donors (Lipinski definition) is 1. The van der Waals surface area contributed by atoms with Gasteiger partial charge in [0.05, 0.1) is 12.7 Å². The van der Waals surface area contributed by atoms with Gasteiger partial charge < -0.3 is 10.2 Å². The molecule has 2 heterocycles. The highest BCUT2D eigenvalue weighted by atomic mass is 19.1. The van der Waals surface area contributed by atoms with Gasteiger partial charge >= 0.3 is 0 Å². The molecule has 3 rings (SSSR count). The first-order valence-electron chi connectivity index (χ1n) is 8.86. The molecular formula is C19H24FN5O. The Morgan fingerprint density at radius 1 is 1.15 bits per heavy atom. The predicted molar refractivity (Wildman–Crippen MR) is 99.4 cm³/mol. The van der Waals surface area contributed by atoms with E-state index in [1.807, 2.05) is 19.9 Å². The average molecular weight is 357 g/mol. The normalized spacial score (nSPS) is 15.3. The first kappa shape index (κ1) is 18.3. The number of amides is 1. The summed E-state index contributed by atoms with van der Waals surface area (Å²) in [5.41, 5.74) is 1.82. The van der Waals surface area contributed by atoms with Crippen molar-refractivity contribution in [3.05, 3.63) is 42.3 Å². The predicted octanol–water partition coefficient (Wildman–Crippen LogP) is 1.93. The number of piperazine rings is 1. The Morgan fingerprint density at radius 3 is 2.50 bits per heavy atom. The maximum absolute atomic E-state index is 13.1. The zero-order valence-corrected chi connectivity index (χ0v) is 15.2. The molecule has 1 aromatic carbocycles. The van der Waals surface area contributed by atoms with Gasteiger partial charge in [0.1, 0.15) is 5.82 Å². The first-order valence-corrected chi connectivity index (χ1v) is 8.86. The quantitative estimate of drug-likeness (QED) is 0.886. The van der Waals surface area contributed by atoms with Crippen molar-refractivity contribution in [2.24, 2.45) is 0 Å². The Hall–Kier alpha value is -2.54. The first-order chi connectivity index (χ1) is 12.5. The number of aromatic nitrogens is 2. The number of halogens is 1. The van der Waals surface area contributed by atoms with Gasteiger partial charge in [-0.3, -0.25) is 9.69 Å². The molecular weight excluding hydrogens is 333 g/mol. The SMILES string of the molecule is CC(C)NC(=O)CN1CCN(c2cc(-c3ccc(F)cc3)cnn2)CC1. The van der Waals surface area contributed by atoms with Crippen molar-refractivity contribution in [1.29, 1.82) is 0 Å². The number of anilines is 1. The van der Waals surface area contributed by atoms with Crippen LogP contribution in [0, 0.1) is 5.82 Å². The van der Waals surface area contributed by atoms with E-state index >= 15 is 0 Å². The maximum atomic E-state index is 13.1. The Kier molecular flexibility index (Phi) is 5.78. The standard InChI is InChI=1S/C19H24FN5O/c1-14(2)22-19(26)13-24-7-9-25(10-8-24)18-11-16(12-21-23-18)15-3-5-17(20)6-4-15/h3-6,11-12,14H,7-10,13H2,1-2H3,(H,22,26). The lowest BCUT2D eigenvalue weighted by molar-refractivity contribution is -0.122. The monoisotopic (exact) mass is 357 g/mol. The number of rotatable bonds is 5. The van der Waals surface area contributed by atoms with Gasteiger partial charge in [-0.05, 0) is 37.6 Å². The third kappa shape index (κ3) is 4.76. The summed E-state index contributed by atoms with van der Waals surface area (Å²) >= 11 is 0. The van der Waals surface area contributed by atoms with Gasteiger partial charge in [0.2, 0.25) is 5.91 Å². The van der Waals surface area contributed by atoms with Crippen molar-refractivity contribution < 1.29 is 9.18 Å². The van der Waals surface area contributed by atoms with E-state index in [9.17, 15) is 9.18 Å². The van der Waals surface area contributed by atoms with Crippen LogP contribution < -0.4 is 10.2 Å². The van der Waals surface area contributed by atoms with Crippen molar-refractivity contribution in [3.63, 3.8) is 0 Å². The second-order valence-corrected chi connectivity index (χ2v) is 6.79. The number of carbonyl (C=O) groups excluding carboxylic acids is 1. The van der Waals surface area contributed by atoms with E-state index in [4.69, 9.17) is 0 Å². The summed E-state index contributed by atoms with van der Waals surface area (Å²) in [7, 11) is 0. The fourth-order valence-electron chi connectivity index (χ4n) is 3.02. The summed E-state index contributed by atoms with van der Waals surface area (Å²) in [5, 5.41) is 11.3. The van der Waals surface area contributed by atoms with Crippen LogP contribution in [0.15, 0.2) is 36.5 Å². The van der Waals surface area contributed by atoms with Crippen molar-refractivity contribution in [3.8, 4) is 11.1 Å². The molecule has 7 heteroatoms. The van der Waals surface area contributed by atoms with Crippen LogP contribution >= 0.6 is 0 Å². The lowest BCUT2D eigenvalue weighted by atomic mass is 10.1. The van der Waals surface area contributed by atoms with Crippen molar-refractivity contribution in [2.45, 2.75) is 19.9 Å². The van der Waals surface area contributed by atoms with E-state index in [1.54, 1.807) is 18.3 Å². The molecule has 1 aliphatic heterocycles. The van der Waals surface area contributed by atoms with Crippen LogP contribution in [0.2, 0.25) is 0 Å². The molecule has 2 aromatic rings. The molecule has 1 aliphatic rings. The molecule has 0 bridgehead atoms. The van der Waals surface area contributed by atoms with Gasteiger partial charge in [-0.1, -0.05) is 12.1 Å². The molecule has 1 amide bonds. The largest absolute Gasteiger partial charge is 0.353 e. The Morgan fingerprint density at radius 2 is 1.85 bits per heavy atom. The van der Waals surface area contributed by atoms with Gasteiger partial charge in [0.25, 0.3) is 0 Å². The molecule has 1 aromatic heterocycles. The molecule has 0 atom stereocenters. The third-order valence-electron chi connectivity index (χ3n) is 4.33. The molecule has 0 saturated carbocycles. The van der Waals surface area contributed by atoms with Crippen molar-refractivity contribution in [1.82, 2.24) is 20.4 Å². The summed E-state index contributed by atoms with van der Waals surface area (Å²) in [4.78, 5) is 16.2. The lowest BCUT2D eigenvalue weighted by Gasteiger charge is -2.34. The van der Waals surface area contributed by atoms with Gasteiger partial charge in [-0.15, -0.1) is 5.10 Å². The Labute approximate surface area is 153 Å². The smallest absolute Gasteiger partial charge is 0.234 e. The van der Waals surface area contributed by atoms with Gasteiger partial charge in [0, 0.05) is 37.8 Å². The molecule has 1 saturated heterocycles. The highest BCUT2D eigenvalue weighted by Crippen LogP contribution is 2.23. The van der Waals surface area contributed by atoms with Crippen LogP contribution in [-0.4, -0.2) is 59.8 Å². The zero-order valence-electron chi connectivity index (χ0n) is 15.2. The molecule has 0 aliphatic carbocycles. The third-order valence-corrected chi connectivity index (χ3v) is 4.33. The number of benzene rings is 1. The highest BCUT2D eigenvalue weighted by Gasteiger charge is 2.20. The summed E-state index contributed by atoms with van der Waals surface area (Å²) in [6.07, 6.45) is 1.68. The van der Waals surface area contributed by atoms with Crippen LogP contribution in [-0.2, 0) is 4.79 Å². The number of nitrogens with zero attached hydrogens (tertiary/aromatic N) is 4. The molecule has 6 nitrogen and oxygen atoms in total. The van der Waals surface area contributed by atoms with E-state index in [0.717, 1.165) is 43.1 Å². The minimum absolute atomic E-state index is 0.0616. The average Bonchev–Trinajstić information content (AvgIpc) is 2.62. The van der Waals surface area contributed by atoms with Crippen LogP contribution in [0.3, 0.4) is 0 Å². The Balaban J connectivity index is 1.60. The molecule has 0 spiro atoms. The van der Waals surface area contributed by atoms with E-state index < -0.39 is 0 Å². The minimum Gasteiger partial charge on any atom is -0.353 e. The summed E-state index contributed by atoms with van der Waals surface area (Å²) < 4.78 is 13.1. The summed E-state index contributed by atoms with van der Waals surface area (Å²) in [6, 6.07) is 8.49. The van der Waals surface area contributed by atoms with E-state index in [1.165, 1.54) is 12.1 Å². The van der Waals surface area contributed by atoms with Crippen molar-refractivity contribution in [2.75, 3.05) is 37.6 Å². The van der Waals surface area contributed by atoms with Crippen LogP contribution in [0.25, 0.3) is 11.1 Å². The van der Waals surface area contributed by atoms with Gasteiger partial charge in [0.15, 0.2) is 5.82 Å². The van der Waals surface area contributed by atoms with E-state index in [2.05, 4.69) is 25.3 Å². The topological polar surface area (TPSA) is 61.4 Å². The molecule has 0 unspecified atom stereocenters. The van der Waals surface area contributed by atoms with Gasteiger partial charge in [-0.25, -0.2) is 4.39 Å². The maximum Gasteiger partial charge on any atom is 0.234 e. The number of nitrogens with one attached hydrogen (secondary N) is 1. The molecule has 1 N–H and O–H groups in total. The summed E-state index contributed by atoms with van der Waals surface area (Å²) in [6.45, 7) is 7.52. The lowest BCUT2D eigenvalue weighted by Crippen LogP contribution is -2.50. The molecule has 26 heavy (non-hydrogen) atoms. The fourth-order valence-corrected chi connectivity index (χ4v) is 3.02. The van der Waals surface area contributed by atoms with Crippen LogP contribution in [0.1, 0.15) is 13.8 Å².